The second-order valence-electron chi connectivity index (χ2n) is 8.93. The van der Waals surface area contributed by atoms with Gasteiger partial charge < -0.3 is 9.16 Å². The molecule has 3 aliphatic rings. The molecule has 0 aromatic rings. The fraction of sp³-hybridized carbons (Fsp3) is 0.833. The number of rotatable bonds is 5. The van der Waals surface area contributed by atoms with E-state index in [4.69, 9.17) is 9.16 Å². The maximum Gasteiger partial charge on any atom is 0.309 e. The standard InChI is InChI=1S/C18H33O3Si4/c1-22-11-23(2)13-25(4,14-24(3)12-22)21-8-7-20-18(19)17-10-15-5-6-16(17)9-15/h5-6,15-17H,7-14H2,1-4H3. The highest BCUT2D eigenvalue weighted by Crippen LogP contribution is 2.43. The van der Waals surface area contributed by atoms with Crippen molar-refractivity contribution in [2.45, 2.75) is 61.7 Å². The highest BCUT2D eigenvalue weighted by atomic mass is 28.4. The molecule has 0 aromatic heterocycles. The quantitative estimate of drug-likeness (QED) is 0.299. The number of fused-ring (bicyclic) bond motifs is 2. The van der Waals surface area contributed by atoms with Gasteiger partial charge in [0.2, 0.25) is 0 Å². The minimum Gasteiger partial charge on any atom is -0.463 e. The second kappa shape index (κ2) is 8.37. The average Bonchev–Trinajstić information content (AvgIpc) is 3.12. The van der Waals surface area contributed by atoms with E-state index in [0.717, 1.165) is 12.8 Å². The van der Waals surface area contributed by atoms with Gasteiger partial charge in [0, 0.05) is 26.4 Å². The first kappa shape index (κ1) is 19.8. The van der Waals surface area contributed by atoms with Gasteiger partial charge in [-0.05, 0) is 42.6 Å². The molecule has 1 heterocycles. The number of carbonyl (C=O) groups excluding carboxylic acids is 1. The van der Waals surface area contributed by atoms with Crippen molar-refractivity contribution in [3.05, 3.63) is 12.2 Å². The lowest BCUT2D eigenvalue weighted by molar-refractivity contribution is -0.150. The summed E-state index contributed by atoms with van der Waals surface area (Å²) in [4.78, 5) is 12.3. The molecule has 3 atom stereocenters. The van der Waals surface area contributed by atoms with Gasteiger partial charge >= 0.3 is 5.97 Å². The summed E-state index contributed by atoms with van der Waals surface area (Å²) in [7, 11) is -2.09. The van der Waals surface area contributed by atoms with Crippen molar-refractivity contribution in [2.24, 2.45) is 17.8 Å². The van der Waals surface area contributed by atoms with Gasteiger partial charge in [-0.2, -0.15) is 0 Å². The largest absolute Gasteiger partial charge is 0.463 e. The van der Waals surface area contributed by atoms with Gasteiger partial charge in [-0.25, -0.2) is 0 Å². The predicted molar refractivity (Wildman–Crippen MR) is 111 cm³/mol. The third-order valence-corrected chi connectivity index (χ3v) is 27.3. The lowest BCUT2D eigenvalue weighted by Gasteiger charge is -2.35. The molecule has 0 N–H and O–H groups in total. The lowest BCUT2D eigenvalue weighted by atomic mass is 9.94. The second-order valence-corrected chi connectivity index (χ2v) is 23.5. The van der Waals surface area contributed by atoms with Crippen molar-refractivity contribution >= 4 is 40.7 Å². The molecule has 2 bridgehead atoms. The van der Waals surface area contributed by atoms with E-state index in [2.05, 4.69) is 38.3 Å². The summed E-state index contributed by atoms with van der Waals surface area (Å²) in [6.07, 6.45) is 6.65. The highest BCUT2D eigenvalue weighted by Gasteiger charge is 2.41. The van der Waals surface area contributed by atoms with E-state index in [9.17, 15) is 4.79 Å². The molecule has 3 radical (unpaired) electrons. The fourth-order valence-corrected chi connectivity index (χ4v) is 31.6. The number of allylic oxidation sites excluding steroid dienone is 2. The third kappa shape index (κ3) is 5.28. The Kier molecular flexibility index (Phi) is 6.63. The summed E-state index contributed by atoms with van der Waals surface area (Å²) in [5.74, 6) is 1.20. The van der Waals surface area contributed by atoms with E-state index in [0.29, 0.717) is 25.0 Å². The Balaban J connectivity index is 1.42. The Morgan fingerprint density at radius 1 is 1.04 bits per heavy atom. The smallest absolute Gasteiger partial charge is 0.309 e. The highest BCUT2D eigenvalue weighted by molar-refractivity contribution is 6.98. The Morgan fingerprint density at radius 3 is 2.28 bits per heavy atom. The van der Waals surface area contributed by atoms with Crippen LogP contribution in [0.25, 0.3) is 0 Å². The first-order valence-electron chi connectivity index (χ1n) is 9.77. The zero-order chi connectivity index (χ0) is 18.0. The molecular formula is C18H33O3Si4. The lowest BCUT2D eigenvalue weighted by Crippen LogP contribution is -2.47. The van der Waals surface area contributed by atoms with E-state index in [1.165, 1.54) is 11.3 Å². The number of esters is 1. The summed E-state index contributed by atoms with van der Waals surface area (Å²) in [5.41, 5.74) is 5.89. The Labute approximate surface area is 159 Å². The molecule has 1 aliphatic heterocycles. The van der Waals surface area contributed by atoms with Gasteiger partial charge in [-0.15, -0.1) is 0 Å². The van der Waals surface area contributed by atoms with Crippen LogP contribution < -0.4 is 0 Å². The summed E-state index contributed by atoms with van der Waals surface area (Å²) in [5, 5.41) is 0. The predicted octanol–water partition coefficient (Wildman–Crippen LogP) is 3.88. The molecule has 7 heteroatoms. The maximum absolute atomic E-state index is 12.3. The topological polar surface area (TPSA) is 35.5 Å². The molecule has 2 fully saturated rings. The van der Waals surface area contributed by atoms with Crippen molar-refractivity contribution in [2.75, 3.05) is 13.2 Å². The van der Waals surface area contributed by atoms with Gasteiger partial charge in [-0.3, -0.25) is 4.79 Å². The molecule has 0 spiro atoms. The molecule has 1 saturated carbocycles. The van der Waals surface area contributed by atoms with Gasteiger partial charge in [-0.1, -0.05) is 43.1 Å². The van der Waals surface area contributed by atoms with E-state index in [1.54, 1.807) is 11.3 Å². The first-order valence-corrected chi connectivity index (χ1v) is 19.8. The van der Waals surface area contributed by atoms with E-state index < -0.39 is 8.32 Å². The van der Waals surface area contributed by atoms with Gasteiger partial charge in [0.1, 0.15) is 6.61 Å². The molecule has 3 unspecified atom stereocenters. The fourth-order valence-electron chi connectivity index (χ4n) is 5.25. The van der Waals surface area contributed by atoms with E-state index in [1.807, 2.05) is 0 Å². The van der Waals surface area contributed by atoms with E-state index >= 15 is 0 Å². The van der Waals surface area contributed by atoms with Crippen LogP contribution in [-0.4, -0.2) is 53.9 Å². The molecule has 25 heavy (non-hydrogen) atoms. The minimum atomic E-state index is -1.59. The number of carbonyl (C=O) groups is 1. The minimum absolute atomic E-state index is 0.0173. The maximum atomic E-state index is 12.3. The van der Waals surface area contributed by atoms with Crippen LogP contribution >= 0.6 is 0 Å². The summed E-state index contributed by atoms with van der Waals surface area (Å²) in [6, 6.07) is 0. The normalized spacial score (nSPS) is 33.4. The van der Waals surface area contributed by atoms with Crippen LogP contribution in [0.2, 0.25) is 48.9 Å². The zero-order valence-electron chi connectivity index (χ0n) is 16.3. The summed E-state index contributed by atoms with van der Waals surface area (Å²) >= 11 is 0. The van der Waals surface area contributed by atoms with Crippen LogP contribution in [0.3, 0.4) is 0 Å². The molecule has 0 amide bonds. The Morgan fingerprint density at radius 2 is 1.72 bits per heavy atom. The number of hydrogen-bond donors (Lipinski definition) is 0. The van der Waals surface area contributed by atoms with Crippen LogP contribution in [0.1, 0.15) is 12.8 Å². The number of hydrogen-bond acceptors (Lipinski definition) is 3. The Bertz CT molecular complexity index is 499. The van der Waals surface area contributed by atoms with Crippen LogP contribution in [0.15, 0.2) is 12.2 Å². The number of ether oxygens (including phenoxy) is 1. The van der Waals surface area contributed by atoms with Crippen LogP contribution in [0.5, 0.6) is 0 Å². The van der Waals surface area contributed by atoms with Gasteiger partial charge in [0.15, 0.2) is 8.32 Å². The van der Waals surface area contributed by atoms with E-state index in [-0.39, 0.29) is 38.3 Å². The van der Waals surface area contributed by atoms with Crippen molar-refractivity contribution < 1.29 is 14.0 Å². The van der Waals surface area contributed by atoms with Gasteiger partial charge in [0.25, 0.3) is 0 Å². The van der Waals surface area contributed by atoms with Gasteiger partial charge in [0.05, 0.1) is 12.5 Å². The van der Waals surface area contributed by atoms with Crippen molar-refractivity contribution in [1.82, 2.24) is 0 Å². The molecule has 3 rings (SSSR count). The monoisotopic (exact) mass is 409 g/mol. The summed E-state index contributed by atoms with van der Waals surface area (Å²) < 4.78 is 12.1. The van der Waals surface area contributed by atoms with Crippen LogP contribution in [0, 0.1) is 17.8 Å². The Hall–Kier alpha value is 0.0375. The molecule has 0 aromatic carbocycles. The molecule has 139 valence electrons. The molecule has 2 aliphatic carbocycles. The van der Waals surface area contributed by atoms with Crippen molar-refractivity contribution in [1.29, 1.82) is 0 Å². The zero-order valence-corrected chi connectivity index (χ0v) is 20.3. The molecular weight excluding hydrogens is 377 g/mol. The van der Waals surface area contributed by atoms with Crippen molar-refractivity contribution in [3.63, 3.8) is 0 Å². The average molecular weight is 410 g/mol. The van der Waals surface area contributed by atoms with Crippen molar-refractivity contribution in [3.8, 4) is 0 Å². The summed E-state index contributed by atoms with van der Waals surface area (Å²) in [6.45, 7) is 11.1. The molecule has 1 saturated heterocycles. The molecule has 3 nitrogen and oxygen atoms in total. The van der Waals surface area contributed by atoms with Crippen LogP contribution in [-0.2, 0) is 14.0 Å². The first-order chi connectivity index (χ1) is 11.8. The SMILES string of the molecule is C[Si]1C[Si](C)C[Si](C)(OCCOC(=O)C2CC3C=CC2C3)C[Si](C)C1. The van der Waals surface area contributed by atoms with Crippen LogP contribution in [0.4, 0.5) is 0 Å². The third-order valence-electron chi connectivity index (χ3n) is 5.92.